The van der Waals surface area contributed by atoms with Crippen LogP contribution in [0.25, 0.3) is 0 Å². The lowest BCUT2D eigenvalue weighted by Crippen LogP contribution is -2.20. The Kier molecular flexibility index (Phi) is 4.51. The number of nitrogens with zero attached hydrogens (tertiary/aromatic N) is 1. The smallest absolute Gasteiger partial charge is 0.107 e. The predicted octanol–water partition coefficient (Wildman–Crippen LogP) is 3.49. The van der Waals surface area contributed by atoms with Gasteiger partial charge in [-0.15, -0.1) is 11.3 Å². The second-order valence-corrected chi connectivity index (χ2v) is 7.02. The van der Waals surface area contributed by atoms with E-state index in [1.54, 1.807) is 11.3 Å². The molecule has 0 bridgehead atoms. The molecular formula is C15H24N2OS. The Morgan fingerprint density at radius 1 is 1.26 bits per heavy atom. The lowest BCUT2D eigenvalue weighted by Gasteiger charge is -2.25. The molecule has 3 nitrogen and oxygen atoms in total. The van der Waals surface area contributed by atoms with Crippen LogP contribution in [0.15, 0.2) is 5.38 Å². The van der Waals surface area contributed by atoms with Crippen molar-refractivity contribution >= 4 is 11.3 Å². The van der Waals surface area contributed by atoms with Crippen LogP contribution in [0.2, 0.25) is 0 Å². The molecule has 2 aliphatic carbocycles. The summed E-state index contributed by atoms with van der Waals surface area (Å²) in [4.78, 5) is 4.64. The van der Waals surface area contributed by atoms with Gasteiger partial charge in [-0.05, 0) is 44.4 Å². The minimum Gasteiger partial charge on any atom is -0.372 e. The summed E-state index contributed by atoms with van der Waals surface area (Å²) in [5.41, 5.74) is 1.11. The van der Waals surface area contributed by atoms with Crippen LogP contribution in [-0.4, -0.2) is 17.1 Å². The van der Waals surface area contributed by atoms with E-state index in [2.05, 4.69) is 22.6 Å². The Hall–Kier alpha value is -0.450. The molecule has 0 saturated heterocycles. The van der Waals surface area contributed by atoms with Gasteiger partial charge in [0.1, 0.15) is 5.01 Å². The lowest BCUT2D eigenvalue weighted by molar-refractivity contribution is 0.00744. The number of hydrogen-bond donors (Lipinski definition) is 1. The van der Waals surface area contributed by atoms with Gasteiger partial charge in [0.15, 0.2) is 0 Å². The molecule has 0 radical (unpaired) electrons. The Morgan fingerprint density at radius 2 is 2.05 bits per heavy atom. The molecule has 2 aliphatic rings. The lowest BCUT2D eigenvalue weighted by atomic mass is 9.89. The molecule has 106 valence electrons. The Morgan fingerprint density at radius 3 is 2.79 bits per heavy atom. The second-order valence-electron chi connectivity index (χ2n) is 6.08. The third-order valence-corrected chi connectivity index (χ3v) is 5.05. The average Bonchev–Trinajstić information content (AvgIpc) is 3.15. The molecule has 0 aromatic carbocycles. The first-order valence-corrected chi connectivity index (χ1v) is 8.46. The molecule has 0 amide bonds. The Bertz CT molecular complexity index is 395. The molecule has 0 aliphatic heterocycles. The summed E-state index contributed by atoms with van der Waals surface area (Å²) in [6.45, 7) is 3.96. The zero-order valence-electron chi connectivity index (χ0n) is 11.7. The quantitative estimate of drug-likeness (QED) is 0.866. The first-order chi connectivity index (χ1) is 9.29. The van der Waals surface area contributed by atoms with Crippen LogP contribution in [0.4, 0.5) is 0 Å². The van der Waals surface area contributed by atoms with Gasteiger partial charge >= 0.3 is 0 Å². The van der Waals surface area contributed by atoms with E-state index in [-0.39, 0.29) is 0 Å². The van der Waals surface area contributed by atoms with E-state index < -0.39 is 0 Å². The van der Waals surface area contributed by atoms with Crippen molar-refractivity contribution in [1.29, 1.82) is 0 Å². The molecule has 0 unspecified atom stereocenters. The SMILES string of the molecule is CC1CCC(OCc2csc(CNC3CC3)n2)CC1. The molecule has 0 spiro atoms. The summed E-state index contributed by atoms with van der Waals surface area (Å²) < 4.78 is 5.99. The van der Waals surface area contributed by atoms with Gasteiger partial charge in [0, 0.05) is 18.0 Å². The molecule has 19 heavy (non-hydrogen) atoms. The molecule has 2 saturated carbocycles. The van der Waals surface area contributed by atoms with Crippen LogP contribution in [0, 0.1) is 5.92 Å². The van der Waals surface area contributed by atoms with E-state index in [9.17, 15) is 0 Å². The third kappa shape index (κ3) is 4.26. The molecule has 1 N–H and O–H groups in total. The van der Waals surface area contributed by atoms with Crippen LogP contribution in [0.1, 0.15) is 56.2 Å². The van der Waals surface area contributed by atoms with Gasteiger partial charge < -0.3 is 10.1 Å². The number of nitrogens with one attached hydrogen (secondary N) is 1. The molecule has 2 fully saturated rings. The third-order valence-electron chi connectivity index (χ3n) is 4.15. The van der Waals surface area contributed by atoms with Crippen LogP contribution >= 0.6 is 11.3 Å². The maximum atomic E-state index is 5.99. The van der Waals surface area contributed by atoms with Crippen molar-refractivity contribution in [1.82, 2.24) is 10.3 Å². The molecular weight excluding hydrogens is 256 g/mol. The molecule has 3 rings (SSSR count). The zero-order valence-corrected chi connectivity index (χ0v) is 12.5. The zero-order chi connectivity index (χ0) is 13.1. The summed E-state index contributed by atoms with van der Waals surface area (Å²) in [6, 6.07) is 0.757. The normalized spacial score (nSPS) is 27.6. The summed E-state index contributed by atoms with van der Waals surface area (Å²) in [5.74, 6) is 0.888. The minimum absolute atomic E-state index is 0.464. The largest absolute Gasteiger partial charge is 0.372 e. The molecule has 0 atom stereocenters. The van der Waals surface area contributed by atoms with E-state index in [4.69, 9.17) is 4.74 Å². The van der Waals surface area contributed by atoms with Crippen molar-refractivity contribution in [2.24, 2.45) is 5.92 Å². The van der Waals surface area contributed by atoms with E-state index in [0.29, 0.717) is 12.7 Å². The summed E-state index contributed by atoms with van der Waals surface area (Å²) in [7, 11) is 0. The summed E-state index contributed by atoms with van der Waals surface area (Å²) in [5, 5.41) is 6.85. The Labute approximate surface area is 119 Å². The van der Waals surface area contributed by atoms with Gasteiger partial charge in [0.05, 0.1) is 18.4 Å². The van der Waals surface area contributed by atoms with Crippen molar-refractivity contribution in [3.8, 4) is 0 Å². The number of hydrogen-bond acceptors (Lipinski definition) is 4. The Balaban J connectivity index is 1.39. The van der Waals surface area contributed by atoms with E-state index in [1.165, 1.54) is 43.5 Å². The molecule has 1 aromatic rings. The standard InChI is InChI=1S/C15H24N2OS/c1-11-2-6-14(7-3-11)18-9-13-10-19-15(17-13)8-16-12-4-5-12/h10-12,14,16H,2-9H2,1H3. The maximum absolute atomic E-state index is 5.99. The predicted molar refractivity (Wildman–Crippen MR) is 78.2 cm³/mol. The van der Waals surface area contributed by atoms with Crippen LogP contribution < -0.4 is 5.32 Å². The summed E-state index contributed by atoms with van der Waals surface area (Å²) >= 11 is 1.75. The minimum atomic E-state index is 0.464. The fourth-order valence-electron chi connectivity index (χ4n) is 2.61. The van der Waals surface area contributed by atoms with Gasteiger partial charge in [-0.1, -0.05) is 6.92 Å². The highest BCUT2D eigenvalue weighted by molar-refractivity contribution is 7.09. The second kappa shape index (κ2) is 6.33. The number of rotatable bonds is 6. The van der Waals surface area contributed by atoms with Crippen molar-refractivity contribution in [2.75, 3.05) is 0 Å². The van der Waals surface area contributed by atoms with E-state index in [0.717, 1.165) is 24.2 Å². The molecule has 1 heterocycles. The van der Waals surface area contributed by atoms with Crippen LogP contribution in [0.5, 0.6) is 0 Å². The first kappa shape index (κ1) is 13.5. The van der Waals surface area contributed by atoms with Gasteiger partial charge in [-0.2, -0.15) is 0 Å². The molecule has 4 heteroatoms. The monoisotopic (exact) mass is 280 g/mol. The molecule has 1 aromatic heterocycles. The van der Waals surface area contributed by atoms with Gasteiger partial charge in [-0.25, -0.2) is 4.98 Å². The highest BCUT2D eigenvalue weighted by atomic mass is 32.1. The van der Waals surface area contributed by atoms with Crippen molar-refractivity contribution in [3.63, 3.8) is 0 Å². The number of ether oxygens (including phenoxy) is 1. The number of aromatic nitrogens is 1. The highest BCUT2D eigenvalue weighted by Gasteiger charge is 2.21. The number of thiazole rings is 1. The fraction of sp³-hybridized carbons (Fsp3) is 0.800. The summed E-state index contributed by atoms with van der Waals surface area (Å²) in [6.07, 6.45) is 8.22. The fourth-order valence-corrected chi connectivity index (χ4v) is 3.34. The van der Waals surface area contributed by atoms with Gasteiger partial charge in [0.25, 0.3) is 0 Å². The van der Waals surface area contributed by atoms with Crippen molar-refractivity contribution in [2.45, 2.75) is 70.7 Å². The van der Waals surface area contributed by atoms with Gasteiger partial charge in [0.2, 0.25) is 0 Å². The van der Waals surface area contributed by atoms with Crippen molar-refractivity contribution < 1.29 is 4.74 Å². The van der Waals surface area contributed by atoms with E-state index in [1.807, 2.05) is 0 Å². The first-order valence-electron chi connectivity index (χ1n) is 7.58. The van der Waals surface area contributed by atoms with E-state index >= 15 is 0 Å². The van der Waals surface area contributed by atoms with Crippen LogP contribution in [-0.2, 0) is 17.9 Å². The van der Waals surface area contributed by atoms with Crippen molar-refractivity contribution in [3.05, 3.63) is 16.1 Å². The van der Waals surface area contributed by atoms with Crippen LogP contribution in [0.3, 0.4) is 0 Å². The maximum Gasteiger partial charge on any atom is 0.107 e. The van der Waals surface area contributed by atoms with Gasteiger partial charge in [-0.3, -0.25) is 0 Å². The average molecular weight is 280 g/mol. The highest BCUT2D eigenvalue weighted by Crippen LogP contribution is 2.26. The topological polar surface area (TPSA) is 34.1 Å².